The van der Waals surface area contributed by atoms with E-state index in [0.29, 0.717) is 6.54 Å². The number of hydrogen-bond donors (Lipinski definition) is 3. The maximum atomic E-state index is 12.3. The second-order valence-corrected chi connectivity index (χ2v) is 7.43. The molecule has 0 aromatic heterocycles. The molecule has 0 heterocycles. The lowest BCUT2D eigenvalue weighted by molar-refractivity contribution is -0.890. The highest BCUT2D eigenvalue weighted by atomic mass is 16.2. The quantitative estimate of drug-likeness (QED) is 0.624. The van der Waals surface area contributed by atoms with Crippen molar-refractivity contribution in [1.82, 2.24) is 10.6 Å². The molecule has 0 spiro atoms. The SMILES string of the molecule is C[C@H](NC(=O)C(=O)NC[C@H](c1ccc(N(C)C)cc1)[NH+](C)C)c1ccccc1. The highest BCUT2D eigenvalue weighted by Crippen LogP contribution is 2.16. The summed E-state index contributed by atoms with van der Waals surface area (Å²) in [5, 5.41) is 5.52. The summed E-state index contributed by atoms with van der Waals surface area (Å²) in [6, 6.07) is 17.6. The maximum absolute atomic E-state index is 12.3. The monoisotopic (exact) mass is 383 g/mol. The lowest BCUT2D eigenvalue weighted by atomic mass is 10.1. The zero-order valence-electron chi connectivity index (χ0n) is 17.3. The minimum absolute atomic E-state index is 0.0551. The highest BCUT2D eigenvalue weighted by molar-refractivity contribution is 6.35. The Bertz CT molecular complexity index is 773. The summed E-state index contributed by atoms with van der Waals surface area (Å²) < 4.78 is 0. The predicted molar refractivity (Wildman–Crippen MR) is 112 cm³/mol. The third kappa shape index (κ3) is 5.82. The van der Waals surface area contributed by atoms with Crippen molar-refractivity contribution in [3.05, 3.63) is 65.7 Å². The normalized spacial score (nSPS) is 12.9. The number of hydrogen-bond acceptors (Lipinski definition) is 3. The van der Waals surface area contributed by atoms with Gasteiger partial charge in [-0.2, -0.15) is 0 Å². The first kappa shape index (κ1) is 21.4. The standard InChI is InChI=1S/C22H30N4O2/c1-16(17-9-7-6-8-10-17)24-22(28)21(27)23-15-20(26(4)5)18-11-13-19(14-12-18)25(2)3/h6-14,16,20H,15H2,1-5H3,(H,23,27)(H,24,28)/p+1/t16-,20+/m0/s1. The molecule has 6 heteroatoms. The molecule has 2 amide bonds. The Hall–Kier alpha value is -2.86. The number of benzene rings is 2. The van der Waals surface area contributed by atoms with Crippen molar-refractivity contribution in [2.24, 2.45) is 0 Å². The van der Waals surface area contributed by atoms with E-state index in [4.69, 9.17) is 0 Å². The molecule has 0 unspecified atom stereocenters. The van der Waals surface area contributed by atoms with Crippen LogP contribution in [0.4, 0.5) is 5.69 Å². The van der Waals surface area contributed by atoms with Crippen LogP contribution in [0, 0.1) is 0 Å². The molecule has 0 aliphatic carbocycles. The summed E-state index contributed by atoms with van der Waals surface area (Å²) in [6.45, 7) is 2.25. The lowest BCUT2D eigenvalue weighted by Gasteiger charge is -2.23. The largest absolute Gasteiger partial charge is 0.378 e. The summed E-state index contributed by atoms with van der Waals surface area (Å²) >= 11 is 0. The average molecular weight is 384 g/mol. The summed E-state index contributed by atoms with van der Waals surface area (Å²) in [5.41, 5.74) is 3.19. The molecule has 0 aliphatic rings. The van der Waals surface area contributed by atoms with E-state index in [1.54, 1.807) is 0 Å². The van der Waals surface area contributed by atoms with Gasteiger partial charge in [-0.25, -0.2) is 0 Å². The number of rotatable bonds is 7. The molecule has 0 saturated heterocycles. The van der Waals surface area contributed by atoms with Gasteiger partial charge in [-0.3, -0.25) is 9.59 Å². The zero-order chi connectivity index (χ0) is 20.7. The van der Waals surface area contributed by atoms with Crippen LogP contribution < -0.4 is 20.4 Å². The van der Waals surface area contributed by atoms with Crippen LogP contribution in [-0.4, -0.2) is 46.5 Å². The summed E-state index contributed by atoms with van der Waals surface area (Å²) in [4.78, 5) is 27.7. The van der Waals surface area contributed by atoms with Gasteiger partial charge in [-0.05, 0) is 24.6 Å². The van der Waals surface area contributed by atoms with Crippen molar-refractivity contribution in [3.8, 4) is 0 Å². The topological polar surface area (TPSA) is 65.9 Å². The van der Waals surface area contributed by atoms with Crippen LogP contribution in [0.1, 0.15) is 30.1 Å². The molecular weight excluding hydrogens is 352 g/mol. The van der Waals surface area contributed by atoms with Gasteiger partial charge in [0, 0.05) is 25.3 Å². The molecule has 0 saturated carbocycles. The van der Waals surface area contributed by atoms with Crippen molar-refractivity contribution in [1.29, 1.82) is 0 Å². The first-order valence-electron chi connectivity index (χ1n) is 9.50. The van der Waals surface area contributed by atoms with Crippen LogP contribution in [0.5, 0.6) is 0 Å². The average Bonchev–Trinajstić information content (AvgIpc) is 2.68. The summed E-state index contributed by atoms with van der Waals surface area (Å²) in [5.74, 6) is -1.23. The van der Waals surface area contributed by atoms with Crippen molar-refractivity contribution >= 4 is 17.5 Å². The number of quaternary nitrogens is 1. The molecule has 28 heavy (non-hydrogen) atoms. The molecule has 2 aromatic carbocycles. The molecule has 0 fully saturated rings. The first-order valence-corrected chi connectivity index (χ1v) is 9.50. The van der Waals surface area contributed by atoms with E-state index in [2.05, 4.69) is 34.9 Å². The van der Waals surface area contributed by atoms with Gasteiger partial charge in [-0.1, -0.05) is 42.5 Å². The molecular formula is C22H31N4O2+. The van der Waals surface area contributed by atoms with E-state index in [0.717, 1.165) is 16.8 Å². The molecule has 2 rings (SSSR count). The van der Waals surface area contributed by atoms with Gasteiger partial charge in [0.15, 0.2) is 0 Å². The van der Waals surface area contributed by atoms with Crippen molar-refractivity contribution in [2.45, 2.75) is 19.0 Å². The van der Waals surface area contributed by atoms with Crippen LogP contribution in [0.3, 0.4) is 0 Å². The smallest absolute Gasteiger partial charge is 0.309 e. The third-order valence-electron chi connectivity index (χ3n) is 4.83. The highest BCUT2D eigenvalue weighted by Gasteiger charge is 2.22. The van der Waals surface area contributed by atoms with Crippen LogP contribution in [0.2, 0.25) is 0 Å². The molecule has 2 atom stereocenters. The number of amides is 2. The van der Waals surface area contributed by atoms with Crippen molar-refractivity contribution in [2.75, 3.05) is 39.6 Å². The van der Waals surface area contributed by atoms with E-state index in [1.807, 2.05) is 70.3 Å². The molecule has 2 aromatic rings. The molecule has 150 valence electrons. The molecule has 0 bridgehead atoms. The van der Waals surface area contributed by atoms with Gasteiger partial charge in [0.05, 0.1) is 26.7 Å². The Morgan fingerprint density at radius 2 is 1.54 bits per heavy atom. The molecule has 0 aliphatic heterocycles. The minimum atomic E-state index is -0.619. The van der Waals surface area contributed by atoms with Gasteiger partial charge in [0.25, 0.3) is 0 Å². The van der Waals surface area contributed by atoms with E-state index in [9.17, 15) is 9.59 Å². The second-order valence-electron chi connectivity index (χ2n) is 7.43. The van der Waals surface area contributed by atoms with Gasteiger partial charge in [0.2, 0.25) is 0 Å². The summed E-state index contributed by atoms with van der Waals surface area (Å²) in [7, 11) is 8.07. The number of anilines is 1. The third-order valence-corrected chi connectivity index (χ3v) is 4.83. The van der Waals surface area contributed by atoms with Crippen molar-refractivity contribution in [3.63, 3.8) is 0 Å². The molecule has 6 nitrogen and oxygen atoms in total. The Morgan fingerprint density at radius 3 is 2.07 bits per heavy atom. The number of carbonyl (C=O) groups excluding carboxylic acids is 2. The van der Waals surface area contributed by atoms with Gasteiger partial charge in [0.1, 0.15) is 6.04 Å². The molecule has 0 radical (unpaired) electrons. The van der Waals surface area contributed by atoms with E-state index >= 15 is 0 Å². The van der Waals surface area contributed by atoms with Crippen LogP contribution in [0.15, 0.2) is 54.6 Å². The number of nitrogens with zero attached hydrogens (tertiary/aromatic N) is 1. The minimum Gasteiger partial charge on any atom is -0.378 e. The van der Waals surface area contributed by atoms with Crippen LogP contribution in [-0.2, 0) is 9.59 Å². The van der Waals surface area contributed by atoms with Gasteiger partial charge in [-0.15, -0.1) is 0 Å². The second kappa shape index (κ2) is 9.90. The summed E-state index contributed by atoms with van der Waals surface area (Å²) in [6.07, 6.45) is 0. The lowest BCUT2D eigenvalue weighted by Crippen LogP contribution is -3.07. The number of nitrogens with one attached hydrogen (secondary N) is 3. The number of carbonyl (C=O) groups is 2. The van der Waals surface area contributed by atoms with E-state index < -0.39 is 11.8 Å². The fraction of sp³-hybridized carbons (Fsp3) is 0.364. The Balaban J connectivity index is 1.95. The van der Waals surface area contributed by atoms with Crippen molar-refractivity contribution < 1.29 is 14.5 Å². The van der Waals surface area contributed by atoms with Gasteiger partial charge >= 0.3 is 11.8 Å². The predicted octanol–water partition coefficient (Wildman–Crippen LogP) is 0.932. The molecule has 3 N–H and O–H groups in total. The maximum Gasteiger partial charge on any atom is 0.309 e. The van der Waals surface area contributed by atoms with Gasteiger partial charge < -0.3 is 20.4 Å². The Morgan fingerprint density at radius 1 is 0.929 bits per heavy atom. The van der Waals surface area contributed by atoms with E-state index in [1.165, 1.54) is 4.90 Å². The zero-order valence-corrected chi connectivity index (χ0v) is 17.3. The van der Waals surface area contributed by atoms with E-state index in [-0.39, 0.29) is 12.1 Å². The first-order chi connectivity index (χ1) is 13.3. The number of likely N-dealkylation sites (N-methyl/N-ethyl adjacent to an activating group) is 1. The van der Waals surface area contributed by atoms with Crippen LogP contribution in [0.25, 0.3) is 0 Å². The fourth-order valence-corrected chi connectivity index (χ4v) is 3.02. The fourth-order valence-electron chi connectivity index (χ4n) is 3.02. The Kier molecular flexibility index (Phi) is 7.58. The Labute approximate surface area is 167 Å². The van der Waals surface area contributed by atoms with Crippen LogP contribution >= 0.6 is 0 Å².